The highest BCUT2D eigenvalue weighted by atomic mass is 35.5. The van der Waals surface area contributed by atoms with Crippen molar-refractivity contribution >= 4 is 11.6 Å². The van der Waals surface area contributed by atoms with Crippen molar-refractivity contribution in [1.82, 2.24) is 9.88 Å². The monoisotopic (exact) mass is 262 g/mol. The van der Waals surface area contributed by atoms with Crippen LogP contribution in [0.2, 0.25) is 5.02 Å². The topological polar surface area (TPSA) is 25.4 Å². The van der Waals surface area contributed by atoms with Crippen LogP contribution in [-0.2, 0) is 0 Å². The van der Waals surface area contributed by atoms with Crippen molar-refractivity contribution in [2.45, 2.75) is 19.0 Å². The average molecular weight is 263 g/mol. The lowest BCUT2D eigenvalue weighted by molar-refractivity contribution is 0.142. The number of rotatable bonds is 3. The number of alkyl halides is 2. The number of nitrogens with zero attached hydrogens (tertiary/aromatic N) is 2. The first-order valence-electron chi connectivity index (χ1n) is 5.35. The number of hydrogen-bond donors (Lipinski definition) is 0. The van der Waals surface area contributed by atoms with Crippen molar-refractivity contribution in [1.29, 1.82) is 0 Å². The van der Waals surface area contributed by atoms with Gasteiger partial charge in [-0.1, -0.05) is 11.6 Å². The van der Waals surface area contributed by atoms with Gasteiger partial charge < -0.3 is 9.64 Å². The van der Waals surface area contributed by atoms with E-state index >= 15 is 0 Å². The highest BCUT2D eigenvalue weighted by Gasteiger charge is 2.22. The molecule has 1 aromatic heterocycles. The fourth-order valence-corrected chi connectivity index (χ4v) is 2.03. The molecule has 1 aliphatic heterocycles. The van der Waals surface area contributed by atoms with Crippen LogP contribution < -0.4 is 4.74 Å². The summed E-state index contributed by atoms with van der Waals surface area (Å²) >= 11 is 5.74. The van der Waals surface area contributed by atoms with Gasteiger partial charge in [-0.15, -0.1) is 0 Å². The Labute approximate surface area is 103 Å². The van der Waals surface area contributed by atoms with Crippen molar-refractivity contribution in [3.8, 4) is 5.88 Å². The van der Waals surface area contributed by atoms with Crippen molar-refractivity contribution in [3.63, 3.8) is 0 Å². The highest BCUT2D eigenvalue weighted by molar-refractivity contribution is 6.30. The van der Waals surface area contributed by atoms with Gasteiger partial charge >= 0.3 is 0 Å². The maximum absolute atomic E-state index is 12.5. The third kappa shape index (κ3) is 3.26. The zero-order valence-corrected chi connectivity index (χ0v) is 10.1. The Morgan fingerprint density at radius 3 is 2.88 bits per heavy atom. The predicted octanol–water partition coefficient (Wildman–Crippen LogP) is 2.76. The van der Waals surface area contributed by atoms with E-state index < -0.39 is 6.43 Å². The summed E-state index contributed by atoms with van der Waals surface area (Å²) in [6.07, 6.45) is -1.77. The van der Waals surface area contributed by atoms with Gasteiger partial charge in [0.05, 0.1) is 0 Å². The molecule has 0 spiro atoms. The van der Waals surface area contributed by atoms with Crippen molar-refractivity contribution in [2.75, 3.05) is 20.1 Å². The molecule has 3 nitrogen and oxygen atoms in total. The fourth-order valence-electron chi connectivity index (χ4n) is 1.83. The molecule has 0 amide bonds. The van der Waals surface area contributed by atoms with Crippen LogP contribution in [0.15, 0.2) is 12.1 Å². The summed E-state index contributed by atoms with van der Waals surface area (Å²) in [5.74, 6) is 0.174. The minimum absolute atomic E-state index is 0.00325. The van der Waals surface area contributed by atoms with Crippen LogP contribution in [0.4, 0.5) is 8.78 Å². The summed E-state index contributed by atoms with van der Waals surface area (Å²) in [6.45, 7) is 1.71. The van der Waals surface area contributed by atoms with E-state index in [1.807, 2.05) is 7.05 Å². The van der Waals surface area contributed by atoms with Gasteiger partial charge in [-0.2, -0.15) is 0 Å². The van der Waals surface area contributed by atoms with E-state index in [0.29, 0.717) is 0 Å². The SMILES string of the molecule is CN1CC[C@H](Oc2cc(Cl)cc(C(F)F)n2)C1. The summed E-state index contributed by atoms with van der Waals surface area (Å²) in [5, 5.41) is 0.219. The zero-order chi connectivity index (χ0) is 12.4. The van der Waals surface area contributed by atoms with Gasteiger partial charge in [-0.05, 0) is 19.5 Å². The lowest BCUT2D eigenvalue weighted by Gasteiger charge is -2.13. The first-order valence-corrected chi connectivity index (χ1v) is 5.73. The molecule has 94 valence electrons. The van der Waals surface area contributed by atoms with Crippen LogP contribution in [0.3, 0.4) is 0 Å². The largest absolute Gasteiger partial charge is 0.473 e. The van der Waals surface area contributed by atoms with E-state index in [-0.39, 0.29) is 22.7 Å². The first-order chi connectivity index (χ1) is 8.04. The number of ether oxygens (including phenoxy) is 1. The number of pyridine rings is 1. The lowest BCUT2D eigenvalue weighted by Crippen LogP contribution is -2.21. The molecule has 2 rings (SSSR count). The summed E-state index contributed by atoms with van der Waals surface area (Å²) in [4.78, 5) is 5.86. The number of hydrogen-bond acceptors (Lipinski definition) is 3. The van der Waals surface area contributed by atoms with Crippen LogP contribution in [0, 0.1) is 0 Å². The van der Waals surface area contributed by atoms with Gasteiger partial charge in [0.15, 0.2) is 0 Å². The third-order valence-electron chi connectivity index (χ3n) is 2.65. The molecule has 17 heavy (non-hydrogen) atoms. The van der Waals surface area contributed by atoms with Gasteiger partial charge in [0.1, 0.15) is 11.8 Å². The highest BCUT2D eigenvalue weighted by Crippen LogP contribution is 2.25. The summed E-state index contributed by atoms with van der Waals surface area (Å²) in [7, 11) is 1.99. The van der Waals surface area contributed by atoms with Crippen LogP contribution in [0.1, 0.15) is 18.5 Å². The molecule has 0 unspecified atom stereocenters. The maximum Gasteiger partial charge on any atom is 0.280 e. The number of halogens is 3. The zero-order valence-electron chi connectivity index (χ0n) is 9.37. The number of likely N-dealkylation sites (N-methyl/N-ethyl adjacent to an activating group) is 1. The Hall–Kier alpha value is -0.940. The van der Waals surface area contributed by atoms with E-state index in [1.165, 1.54) is 6.07 Å². The fraction of sp³-hybridized carbons (Fsp3) is 0.545. The molecule has 6 heteroatoms. The lowest BCUT2D eigenvalue weighted by atomic mass is 10.3. The Balaban J connectivity index is 2.10. The van der Waals surface area contributed by atoms with Gasteiger partial charge in [0.2, 0.25) is 5.88 Å². The molecule has 1 aromatic rings. The van der Waals surface area contributed by atoms with Crippen LogP contribution >= 0.6 is 11.6 Å². The Bertz CT molecular complexity index is 403. The maximum atomic E-state index is 12.5. The van der Waals surface area contributed by atoms with E-state index in [4.69, 9.17) is 16.3 Å². The molecular formula is C11H13ClF2N2O. The van der Waals surface area contributed by atoms with Crippen molar-refractivity contribution in [2.24, 2.45) is 0 Å². The van der Waals surface area contributed by atoms with Gasteiger partial charge in [0.25, 0.3) is 6.43 Å². The molecule has 0 N–H and O–H groups in total. The second-order valence-electron chi connectivity index (χ2n) is 4.14. The van der Waals surface area contributed by atoms with Crippen LogP contribution in [0.5, 0.6) is 5.88 Å². The van der Waals surface area contributed by atoms with Crippen LogP contribution in [0.25, 0.3) is 0 Å². The molecule has 0 aromatic carbocycles. The van der Waals surface area contributed by atoms with Crippen molar-refractivity contribution < 1.29 is 13.5 Å². The molecule has 0 bridgehead atoms. The first kappa shape index (κ1) is 12.5. The normalized spacial score (nSPS) is 21.1. The van der Waals surface area contributed by atoms with E-state index in [1.54, 1.807) is 0 Å². The second-order valence-corrected chi connectivity index (χ2v) is 4.58. The molecule has 0 saturated carbocycles. The Kier molecular flexibility index (Phi) is 3.79. The number of likely N-dealkylation sites (tertiary alicyclic amines) is 1. The smallest absolute Gasteiger partial charge is 0.280 e. The Morgan fingerprint density at radius 1 is 1.53 bits per heavy atom. The minimum Gasteiger partial charge on any atom is -0.473 e. The summed E-state index contributed by atoms with van der Waals surface area (Å²) < 4.78 is 30.6. The molecule has 0 aliphatic carbocycles. The molecule has 1 fully saturated rings. The van der Waals surface area contributed by atoms with E-state index in [9.17, 15) is 8.78 Å². The molecule has 0 radical (unpaired) electrons. The van der Waals surface area contributed by atoms with Gasteiger partial charge in [-0.3, -0.25) is 0 Å². The Morgan fingerprint density at radius 2 is 2.29 bits per heavy atom. The third-order valence-corrected chi connectivity index (χ3v) is 2.86. The summed E-state index contributed by atoms with van der Waals surface area (Å²) in [6, 6.07) is 2.62. The number of aromatic nitrogens is 1. The second kappa shape index (κ2) is 5.14. The molecule has 1 saturated heterocycles. The molecule has 1 aliphatic rings. The summed E-state index contributed by atoms with van der Waals surface area (Å²) in [5.41, 5.74) is -0.348. The average Bonchev–Trinajstić information content (AvgIpc) is 2.63. The van der Waals surface area contributed by atoms with E-state index in [0.717, 1.165) is 25.6 Å². The van der Waals surface area contributed by atoms with Gasteiger partial charge in [-0.25, -0.2) is 13.8 Å². The van der Waals surface area contributed by atoms with Gasteiger partial charge in [0, 0.05) is 24.2 Å². The molecule has 1 atom stereocenters. The van der Waals surface area contributed by atoms with Crippen LogP contribution in [-0.4, -0.2) is 36.1 Å². The minimum atomic E-state index is -2.64. The molecular weight excluding hydrogens is 250 g/mol. The quantitative estimate of drug-likeness (QED) is 0.838. The molecule has 2 heterocycles. The van der Waals surface area contributed by atoms with E-state index in [2.05, 4.69) is 9.88 Å². The van der Waals surface area contributed by atoms with Crippen molar-refractivity contribution in [3.05, 3.63) is 22.8 Å². The standard InChI is InChI=1S/C11H13ClF2N2O/c1-16-3-2-8(6-16)17-10-5-7(12)4-9(15-10)11(13)14/h4-5,8,11H,2-3,6H2,1H3/t8-/m0/s1. The predicted molar refractivity (Wildman–Crippen MR) is 60.7 cm³/mol.